The molecule has 25 heavy (non-hydrogen) atoms. The molecular weight excluding hydrogens is 392 g/mol. The van der Waals surface area contributed by atoms with Crippen molar-refractivity contribution in [3.8, 4) is 0 Å². The van der Waals surface area contributed by atoms with Crippen LogP contribution in [0.4, 0.5) is 4.39 Å². The first-order valence-electron chi connectivity index (χ1n) is 7.08. The van der Waals surface area contributed by atoms with E-state index in [1.807, 2.05) is 0 Å². The van der Waals surface area contributed by atoms with Crippen molar-refractivity contribution in [3.63, 3.8) is 0 Å². The smallest absolute Gasteiger partial charge is 0.324 e. The predicted molar refractivity (Wildman–Crippen MR) is 92.4 cm³/mol. The summed E-state index contributed by atoms with van der Waals surface area (Å²) in [4.78, 5) is 11.9. The van der Waals surface area contributed by atoms with Gasteiger partial charge in [-0.05, 0) is 37.3 Å². The molecule has 0 aliphatic rings. The van der Waals surface area contributed by atoms with E-state index in [0.717, 1.165) is 0 Å². The summed E-state index contributed by atoms with van der Waals surface area (Å²) in [5.41, 5.74) is 0.0161. The van der Waals surface area contributed by atoms with Gasteiger partial charge in [-0.3, -0.25) is 4.79 Å². The lowest BCUT2D eigenvalue weighted by Crippen LogP contribution is -2.39. The summed E-state index contributed by atoms with van der Waals surface area (Å²) in [6.07, 6.45) is 0. The van der Waals surface area contributed by atoms with Gasteiger partial charge in [-0.15, -0.1) is 0 Å². The molecule has 0 radical (unpaired) electrons. The SMILES string of the molecule is C[C@H](NS(=O)(=O)c1cccc(Cl)c1)C(=O)OCc1c(F)cccc1Cl. The molecule has 0 fully saturated rings. The van der Waals surface area contributed by atoms with E-state index in [1.165, 1.54) is 49.4 Å². The Hall–Kier alpha value is -1.67. The van der Waals surface area contributed by atoms with Crippen molar-refractivity contribution < 1.29 is 22.3 Å². The largest absolute Gasteiger partial charge is 0.459 e. The van der Waals surface area contributed by atoms with Crippen LogP contribution in [0.2, 0.25) is 10.0 Å². The van der Waals surface area contributed by atoms with Crippen molar-refractivity contribution in [1.29, 1.82) is 0 Å². The van der Waals surface area contributed by atoms with Gasteiger partial charge >= 0.3 is 5.97 Å². The number of carbonyl (C=O) groups excluding carboxylic acids is 1. The molecular formula is C16H14Cl2FNO4S. The van der Waals surface area contributed by atoms with E-state index in [0.29, 0.717) is 0 Å². The zero-order valence-corrected chi connectivity index (χ0v) is 15.3. The Morgan fingerprint density at radius 1 is 1.24 bits per heavy atom. The summed E-state index contributed by atoms with van der Waals surface area (Å²) >= 11 is 11.6. The van der Waals surface area contributed by atoms with Crippen molar-refractivity contribution in [2.45, 2.75) is 24.5 Å². The zero-order valence-electron chi connectivity index (χ0n) is 13.0. The Balaban J connectivity index is 2.03. The maximum atomic E-state index is 13.6. The molecule has 0 aliphatic carbocycles. The normalized spacial score (nSPS) is 12.6. The number of benzene rings is 2. The molecule has 0 spiro atoms. The topological polar surface area (TPSA) is 72.5 Å². The highest BCUT2D eigenvalue weighted by molar-refractivity contribution is 7.89. The fourth-order valence-electron chi connectivity index (χ4n) is 1.92. The molecule has 0 heterocycles. The van der Waals surface area contributed by atoms with Crippen LogP contribution in [0.25, 0.3) is 0 Å². The number of ether oxygens (including phenoxy) is 1. The Bertz CT molecular complexity index is 869. The minimum atomic E-state index is -3.96. The maximum absolute atomic E-state index is 13.6. The van der Waals surface area contributed by atoms with Crippen LogP contribution in [0, 0.1) is 5.82 Å². The highest BCUT2D eigenvalue weighted by Gasteiger charge is 2.24. The van der Waals surface area contributed by atoms with Crippen molar-refractivity contribution in [2.24, 2.45) is 0 Å². The summed E-state index contributed by atoms with van der Waals surface area (Å²) in [7, 11) is -3.96. The number of hydrogen-bond donors (Lipinski definition) is 1. The summed E-state index contributed by atoms with van der Waals surface area (Å²) in [5, 5.41) is 0.354. The van der Waals surface area contributed by atoms with Crippen molar-refractivity contribution in [2.75, 3.05) is 0 Å². The lowest BCUT2D eigenvalue weighted by Gasteiger charge is -2.14. The fraction of sp³-hybridized carbons (Fsp3) is 0.188. The molecule has 0 amide bonds. The molecule has 2 aromatic carbocycles. The van der Waals surface area contributed by atoms with Crippen LogP contribution in [-0.4, -0.2) is 20.4 Å². The second-order valence-electron chi connectivity index (χ2n) is 5.11. The van der Waals surface area contributed by atoms with E-state index in [9.17, 15) is 17.6 Å². The minimum absolute atomic E-state index is 0.0161. The molecule has 0 bridgehead atoms. The number of halogens is 3. The number of rotatable bonds is 6. The molecule has 1 N–H and O–H groups in total. The summed E-state index contributed by atoms with van der Waals surface area (Å²) < 4.78 is 45.2. The predicted octanol–water partition coefficient (Wildman–Crippen LogP) is 3.54. The second-order valence-corrected chi connectivity index (χ2v) is 7.67. The average Bonchev–Trinajstić information content (AvgIpc) is 2.53. The monoisotopic (exact) mass is 405 g/mol. The van der Waals surface area contributed by atoms with Crippen LogP contribution >= 0.6 is 23.2 Å². The molecule has 2 aromatic rings. The van der Waals surface area contributed by atoms with Gasteiger partial charge in [-0.1, -0.05) is 35.3 Å². The molecule has 0 aromatic heterocycles. The molecule has 5 nitrogen and oxygen atoms in total. The maximum Gasteiger partial charge on any atom is 0.324 e. The average molecular weight is 406 g/mol. The van der Waals surface area contributed by atoms with Gasteiger partial charge in [-0.2, -0.15) is 4.72 Å². The molecule has 1 atom stereocenters. The Morgan fingerprint density at radius 2 is 1.92 bits per heavy atom. The molecule has 2 rings (SSSR count). The molecule has 0 unspecified atom stereocenters. The molecule has 0 aliphatic heterocycles. The summed E-state index contributed by atoms with van der Waals surface area (Å²) in [5.74, 6) is -1.49. The van der Waals surface area contributed by atoms with Gasteiger partial charge in [0, 0.05) is 10.6 Å². The van der Waals surface area contributed by atoms with E-state index in [2.05, 4.69) is 4.72 Å². The minimum Gasteiger partial charge on any atom is -0.459 e. The van der Waals surface area contributed by atoms with Gasteiger partial charge in [0.05, 0.1) is 9.92 Å². The van der Waals surface area contributed by atoms with E-state index < -0.39 is 34.5 Å². The van der Waals surface area contributed by atoms with Crippen molar-refractivity contribution >= 4 is 39.2 Å². The van der Waals surface area contributed by atoms with Gasteiger partial charge < -0.3 is 4.74 Å². The van der Waals surface area contributed by atoms with Gasteiger partial charge in [0.25, 0.3) is 0 Å². The van der Waals surface area contributed by atoms with Crippen molar-refractivity contribution in [3.05, 3.63) is 63.9 Å². The van der Waals surface area contributed by atoms with Crippen LogP contribution in [0.15, 0.2) is 47.4 Å². The standard InChI is InChI=1S/C16H14Cl2FNO4S/c1-10(20-25(22,23)12-5-2-4-11(17)8-12)16(21)24-9-13-14(18)6-3-7-15(13)19/h2-8,10,20H,9H2,1H3/t10-/m0/s1. The number of esters is 1. The van der Waals surface area contributed by atoms with E-state index in [1.54, 1.807) is 0 Å². The second kappa shape index (κ2) is 8.14. The Morgan fingerprint density at radius 3 is 2.56 bits per heavy atom. The van der Waals surface area contributed by atoms with Crippen LogP contribution in [0.1, 0.15) is 12.5 Å². The van der Waals surface area contributed by atoms with Gasteiger partial charge in [0.15, 0.2) is 0 Å². The first-order valence-corrected chi connectivity index (χ1v) is 9.32. The van der Waals surface area contributed by atoms with Gasteiger partial charge in [-0.25, -0.2) is 12.8 Å². The fourth-order valence-corrected chi connectivity index (χ4v) is 3.63. The molecule has 9 heteroatoms. The van der Waals surface area contributed by atoms with Crippen LogP contribution < -0.4 is 4.72 Å². The lowest BCUT2D eigenvalue weighted by molar-refractivity contribution is -0.146. The zero-order chi connectivity index (χ0) is 18.6. The Labute approximate surface area is 154 Å². The third-order valence-corrected chi connectivity index (χ3v) is 5.34. The quantitative estimate of drug-likeness (QED) is 0.745. The third kappa shape index (κ3) is 5.15. The first-order chi connectivity index (χ1) is 11.7. The number of nitrogens with one attached hydrogen (secondary N) is 1. The number of sulfonamides is 1. The highest BCUT2D eigenvalue weighted by Crippen LogP contribution is 2.20. The van der Waals surface area contributed by atoms with Crippen molar-refractivity contribution in [1.82, 2.24) is 4.72 Å². The summed E-state index contributed by atoms with van der Waals surface area (Å²) in [6.45, 7) is 0.904. The highest BCUT2D eigenvalue weighted by atomic mass is 35.5. The number of carbonyl (C=O) groups is 1. The Kier molecular flexibility index (Phi) is 6.40. The number of hydrogen-bond acceptors (Lipinski definition) is 4. The lowest BCUT2D eigenvalue weighted by atomic mass is 10.2. The first kappa shape index (κ1) is 19.7. The third-order valence-electron chi connectivity index (χ3n) is 3.21. The summed E-state index contributed by atoms with van der Waals surface area (Å²) in [6, 6.07) is 8.46. The molecule has 0 saturated heterocycles. The van der Waals surface area contributed by atoms with Crippen LogP contribution in [0.3, 0.4) is 0 Å². The van der Waals surface area contributed by atoms with Gasteiger partial charge in [0.1, 0.15) is 18.5 Å². The van der Waals surface area contributed by atoms with Gasteiger partial charge in [0.2, 0.25) is 10.0 Å². The van der Waals surface area contributed by atoms with E-state index in [-0.39, 0.29) is 20.5 Å². The molecule has 0 saturated carbocycles. The van der Waals surface area contributed by atoms with Crippen LogP contribution in [0.5, 0.6) is 0 Å². The van der Waals surface area contributed by atoms with Crippen LogP contribution in [-0.2, 0) is 26.2 Å². The van der Waals surface area contributed by atoms with E-state index >= 15 is 0 Å². The van der Waals surface area contributed by atoms with E-state index in [4.69, 9.17) is 27.9 Å². The molecule has 134 valence electrons.